The van der Waals surface area contributed by atoms with Crippen LogP contribution in [0.15, 0.2) is 85.2 Å². The molecule has 0 bridgehead atoms. The molecule has 0 spiro atoms. The first kappa shape index (κ1) is 48.7. The Hall–Kier alpha value is -4.76. The Labute approximate surface area is 380 Å². The molecule has 1 N–H and O–H groups in total. The first-order valence-electron chi connectivity index (χ1n) is 22.4. The molecule has 0 saturated heterocycles. The maximum Gasteiger partial charge on any atom is 0.142 e. The van der Waals surface area contributed by atoms with Crippen molar-refractivity contribution in [3.8, 4) is 28.1 Å². The van der Waals surface area contributed by atoms with E-state index in [0.717, 1.165) is 57.1 Å². The second-order valence-corrected chi connectivity index (χ2v) is 17.1. The highest BCUT2D eigenvalue weighted by Gasteiger charge is 2.47. The molecule has 12 nitrogen and oxygen atoms in total. The number of nitrogens with zero attached hydrogens (tertiary/aromatic N) is 4. The Balaban J connectivity index is 1.45. The molecule has 0 fully saturated rings. The van der Waals surface area contributed by atoms with Crippen LogP contribution in [0.5, 0.6) is 5.75 Å². The van der Waals surface area contributed by atoms with Crippen LogP contribution in [0, 0.1) is 13.8 Å². The highest BCUT2D eigenvalue weighted by Crippen LogP contribution is 2.58. The van der Waals surface area contributed by atoms with Gasteiger partial charge in [-0.05, 0) is 84.0 Å². The zero-order valence-electron chi connectivity index (χ0n) is 39.3. The maximum absolute atomic E-state index is 8.97. The van der Waals surface area contributed by atoms with Crippen molar-refractivity contribution in [1.29, 1.82) is 0 Å². The minimum absolute atomic E-state index is 0.00381. The van der Waals surface area contributed by atoms with Crippen LogP contribution in [0.2, 0.25) is 0 Å². The summed E-state index contributed by atoms with van der Waals surface area (Å²) < 4.78 is 41.0. The lowest BCUT2D eigenvalue weighted by molar-refractivity contribution is -0.901. The number of ether oxygens (including phenoxy) is 7. The average Bonchev–Trinajstić information content (AvgIpc) is 3.57. The first-order chi connectivity index (χ1) is 31.0. The number of anilines is 1. The Kier molecular flexibility index (Phi) is 17.8. The van der Waals surface area contributed by atoms with Crippen LogP contribution < -0.4 is 9.64 Å². The Morgan fingerprint density at radius 3 is 1.92 bits per heavy atom. The minimum atomic E-state index is -0.719. The molecule has 1 atom stereocenters. The van der Waals surface area contributed by atoms with Gasteiger partial charge < -0.3 is 47.6 Å². The number of hydrogen-bond donors (Lipinski definition) is 1. The fraction of sp³-hybridized carbons (Fsp3) is 0.462. The fourth-order valence-corrected chi connectivity index (χ4v) is 8.23. The van der Waals surface area contributed by atoms with E-state index in [1.165, 1.54) is 38.9 Å². The molecule has 4 aromatic carbocycles. The van der Waals surface area contributed by atoms with Gasteiger partial charge in [0, 0.05) is 38.5 Å². The lowest BCUT2D eigenvalue weighted by Gasteiger charge is -2.36. The van der Waals surface area contributed by atoms with Gasteiger partial charge in [0.1, 0.15) is 18.9 Å². The monoisotopic (exact) mass is 878 g/mol. The van der Waals surface area contributed by atoms with Gasteiger partial charge in [0.2, 0.25) is 0 Å². The number of quaternary nitrogens is 1. The van der Waals surface area contributed by atoms with Crippen LogP contribution in [0.3, 0.4) is 0 Å². The quantitative estimate of drug-likeness (QED) is 0.0413. The van der Waals surface area contributed by atoms with Gasteiger partial charge >= 0.3 is 0 Å². The van der Waals surface area contributed by atoms with Gasteiger partial charge in [0.05, 0.1) is 129 Å². The number of hydrogen-bond acceptors (Lipinski definition) is 11. The highest BCUT2D eigenvalue weighted by atomic mass is 16.6. The van der Waals surface area contributed by atoms with Crippen molar-refractivity contribution >= 4 is 5.69 Å². The van der Waals surface area contributed by atoms with Gasteiger partial charge in [-0.2, -0.15) is 0 Å². The molecule has 1 unspecified atom stereocenters. The summed E-state index contributed by atoms with van der Waals surface area (Å²) in [4.78, 5) is 11.6. The molecule has 5 aromatic rings. The third kappa shape index (κ3) is 11.9. The van der Waals surface area contributed by atoms with E-state index in [1.54, 1.807) is 7.11 Å². The molecule has 0 aliphatic heterocycles. The summed E-state index contributed by atoms with van der Waals surface area (Å²) in [5.41, 5.74) is 13.7. The molecule has 1 heterocycles. The van der Waals surface area contributed by atoms with Crippen molar-refractivity contribution in [3.05, 3.63) is 130 Å². The highest BCUT2D eigenvalue weighted by molar-refractivity contribution is 5.89. The summed E-state index contributed by atoms with van der Waals surface area (Å²) in [5, 5.41) is 8.97. The van der Waals surface area contributed by atoms with E-state index in [2.05, 4.69) is 125 Å². The third-order valence-corrected chi connectivity index (χ3v) is 11.9. The predicted octanol–water partition coefficient (Wildman–Crippen LogP) is 7.39. The van der Waals surface area contributed by atoms with Gasteiger partial charge in [0.25, 0.3) is 0 Å². The fourth-order valence-electron chi connectivity index (χ4n) is 8.23. The maximum atomic E-state index is 8.97. The largest absolute Gasteiger partial charge is 0.489 e. The summed E-state index contributed by atoms with van der Waals surface area (Å²) in [6.45, 7) is 13.7. The summed E-state index contributed by atoms with van der Waals surface area (Å²) >= 11 is 0. The predicted molar refractivity (Wildman–Crippen MR) is 252 cm³/mol. The van der Waals surface area contributed by atoms with E-state index in [0.29, 0.717) is 79.3 Å². The zero-order chi connectivity index (χ0) is 45.5. The molecule has 1 aliphatic carbocycles. The second kappa shape index (κ2) is 23.4. The van der Waals surface area contributed by atoms with Crippen LogP contribution in [-0.2, 0) is 47.0 Å². The van der Waals surface area contributed by atoms with Crippen LogP contribution >= 0.6 is 0 Å². The number of methoxy groups -OCH3 is 1. The standard InChI is InChI=1S/C52H69N4O8/c1-9-56(6,7)36-42-31-43(13-11-41(42)37-63-27-26-61-23-22-59-19-18-57)52(44-14-17-51(50(33-44)55(4)5)64-29-28-62-25-24-60-21-20-58-8)47-30-38(2)10-15-45(47)46-16-12-40(32-48(46)52)49-35-53-39(3)34-54-49/h10-17,30-35,57H,9,18-29,36-37H2,1-8H3/q+1. The molecule has 0 saturated carbocycles. The lowest BCUT2D eigenvalue weighted by Crippen LogP contribution is -2.38. The van der Waals surface area contributed by atoms with E-state index < -0.39 is 5.41 Å². The molecule has 0 amide bonds. The van der Waals surface area contributed by atoms with E-state index in [-0.39, 0.29) is 6.61 Å². The molecule has 1 aliphatic rings. The summed E-state index contributed by atoms with van der Waals surface area (Å²) in [5.74, 6) is 0.784. The molecule has 6 rings (SSSR count). The number of aliphatic hydroxyl groups excluding tert-OH is 1. The average molecular weight is 878 g/mol. The van der Waals surface area contributed by atoms with Crippen molar-refractivity contribution < 1.29 is 42.7 Å². The SMILES string of the molecule is CC[N+](C)(C)Cc1cc(C2(c3ccc(OCCOCCOCCOC)c(N(C)C)c3)c3cc(C)ccc3-c3ccc(-c4cnc(C)cn4)cc32)ccc1COCCOCCOCCO. The Bertz CT molecular complexity index is 2250. The van der Waals surface area contributed by atoms with Crippen molar-refractivity contribution in [1.82, 2.24) is 9.97 Å². The number of rotatable bonds is 27. The van der Waals surface area contributed by atoms with E-state index >= 15 is 0 Å². The molecular weight excluding hydrogens is 809 g/mol. The van der Waals surface area contributed by atoms with E-state index in [1.807, 2.05) is 19.3 Å². The van der Waals surface area contributed by atoms with Gasteiger partial charge in [-0.1, -0.05) is 54.1 Å². The molecule has 0 radical (unpaired) electrons. The van der Waals surface area contributed by atoms with Crippen molar-refractivity contribution in [2.75, 3.05) is 126 Å². The van der Waals surface area contributed by atoms with Crippen molar-refractivity contribution in [2.45, 2.75) is 39.3 Å². The smallest absolute Gasteiger partial charge is 0.142 e. The summed E-state index contributed by atoms with van der Waals surface area (Å²) in [6, 6.07) is 27.3. The van der Waals surface area contributed by atoms with Gasteiger partial charge in [0.15, 0.2) is 0 Å². The molecule has 1 aromatic heterocycles. The number of aryl methyl sites for hydroxylation is 2. The van der Waals surface area contributed by atoms with Gasteiger partial charge in [-0.25, -0.2) is 0 Å². The van der Waals surface area contributed by atoms with Gasteiger partial charge in [-0.15, -0.1) is 0 Å². The topological polar surface area (TPSA) is 114 Å². The number of fused-ring (bicyclic) bond motifs is 3. The van der Waals surface area contributed by atoms with Crippen LogP contribution in [0.1, 0.15) is 51.6 Å². The van der Waals surface area contributed by atoms with Crippen LogP contribution in [-0.4, -0.2) is 141 Å². The van der Waals surface area contributed by atoms with Crippen molar-refractivity contribution in [2.24, 2.45) is 0 Å². The molecule has 64 heavy (non-hydrogen) atoms. The second-order valence-electron chi connectivity index (χ2n) is 17.1. The summed E-state index contributed by atoms with van der Waals surface area (Å²) in [7, 11) is 10.4. The van der Waals surface area contributed by atoms with Gasteiger partial charge in [-0.3, -0.25) is 9.97 Å². The third-order valence-electron chi connectivity index (χ3n) is 11.9. The van der Waals surface area contributed by atoms with E-state index in [4.69, 9.17) is 43.2 Å². The number of aliphatic hydroxyl groups is 1. The van der Waals surface area contributed by atoms with Crippen molar-refractivity contribution in [3.63, 3.8) is 0 Å². The summed E-state index contributed by atoms with van der Waals surface area (Å²) in [6.07, 6.45) is 3.70. The number of aromatic nitrogens is 2. The normalized spacial score (nSPS) is 14.5. The van der Waals surface area contributed by atoms with E-state index in [9.17, 15) is 0 Å². The lowest BCUT2D eigenvalue weighted by atomic mass is 9.66. The number of benzene rings is 4. The Morgan fingerprint density at radius 2 is 1.27 bits per heavy atom. The Morgan fingerprint density at radius 1 is 0.641 bits per heavy atom. The molecular formula is C52H69N4O8+. The van der Waals surface area contributed by atoms with Crippen LogP contribution in [0.25, 0.3) is 22.4 Å². The molecule has 12 heteroatoms. The zero-order valence-corrected chi connectivity index (χ0v) is 39.3. The molecule has 344 valence electrons. The van der Waals surface area contributed by atoms with Crippen LogP contribution in [0.4, 0.5) is 5.69 Å². The minimum Gasteiger partial charge on any atom is -0.489 e. The first-order valence-corrected chi connectivity index (χ1v) is 22.4.